The molecule has 0 bridgehead atoms. The Kier molecular flexibility index (Phi) is 4.73. The molecule has 1 saturated heterocycles. The Balaban J connectivity index is 2.07. The molecule has 1 aromatic carbocycles. The third-order valence-corrected chi connectivity index (χ3v) is 4.07. The molecule has 1 heterocycles. The minimum absolute atomic E-state index is 0.0222. The molecule has 114 valence electrons. The van der Waals surface area contributed by atoms with Gasteiger partial charge in [-0.15, -0.1) is 0 Å². The minimum atomic E-state index is -0.940. The normalized spacial score (nSPS) is 21.4. The molecule has 0 saturated carbocycles. The number of carboxylic acids is 1. The number of aliphatic carboxylic acids is 1. The Labute approximate surface area is 129 Å². The fraction of sp³-hybridized carbons (Fsp3) is 0.467. The Morgan fingerprint density at radius 1 is 1.48 bits per heavy atom. The van der Waals surface area contributed by atoms with Gasteiger partial charge in [0.05, 0.1) is 0 Å². The molecule has 0 aliphatic carbocycles. The predicted molar refractivity (Wildman–Crippen MR) is 80.2 cm³/mol. The van der Waals surface area contributed by atoms with Crippen molar-refractivity contribution in [1.29, 1.82) is 0 Å². The summed E-state index contributed by atoms with van der Waals surface area (Å²) in [4.78, 5) is 26.7. The lowest BCUT2D eigenvalue weighted by Crippen LogP contribution is -2.47. The maximum atomic E-state index is 12.5. The summed E-state index contributed by atoms with van der Waals surface area (Å²) >= 11 is 5.93. The zero-order valence-electron chi connectivity index (χ0n) is 12.1. The molecule has 2 rings (SSSR count). The SMILES string of the molecule is CC1CCN(C(=O)N(C)Cc2cccc(Cl)c2)C1C(=O)O. The van der Waals surface area contributed by atoms with E-state index in [9.17, 15) is 14.7 Å². The van der Waals surface area contributed by atoms with Crippen molar-refractivity contribution in [3.63, 3.8) is 0 Å². The molecule has 0 radical (unpaired) electrons. The third kappa shape index (κ3) is 3.47. The number of halogens is 1. The van der Waals surface area contributed by atoms with Gasteiger partial charge < -0.3 is 14.9 Å². The summed E-state index contributed by atoms with van der Waals surface area (Å²) in [6, 6.07) is 6.29. The summed E-state index contributed by atoms with van der Waals surface area (Å²) in [7, 11) is 1.67. The fourth-order valence-electron chi connectivity index (χ4n) is 2.73. The van der Waals surface area contributed by atoms with Crippen LogP contribution in [-0.4, -0.2) is 46.5 Å². The van der Waals surface area contributed by atoms with Gasteiger partial charge in [0.25, 0.3) is 0 Å². The first kappa shape index (κ1) is 15.6. The highest BCUT2D eigenvalue weighted by atomic mass is 35.5. The van der Waals surface area contributed by atoms with Gasteiger partial charge >= 0.3 is 12.0 Å². The van der Waals surface area contributed by atoms with E-state index in [1.807, 2.05) is 19.1 Å². The minimum Gasteiger partial charge on any atom is -0.480 e. The Morgan fingerprint density at radius 2 is 2.19 bits per heavy atom. The van der Waals surface area contributed by atoms with Crippen molar-refractivity contribution in [2.24, 2.45) is 5.92 Å². The fourth-order valence-corrected chi connectivity index (χ4v) is 2.95. The number of rotatable bonds is 3. The Morgan fingerprint density at radius 3 is 2.81 bits per heavy atom. The van der Waals surface area contributed by atoms with Crippen molar-refractivity contribution in [1.82, 2.24) is 9.80 Å². The van der Waals surface area contributed by atoms with Gasteiger partial charge in [0, 0.05) is 25.2 Å². The van der Waals surface area contributed by atoms with Gasteiger partial charge in [-0.3, -0.25) is 0 Å². The molecule has 2 unspecified atom stereocenters. The van der Waals surface area contributed by atoms with E-state index in [1.165, 1.54) is 9.80 Å². The first-order valence-corrected chi connectivity index (χ1v) is 7.27. The topological polar surface area (TPSA) is 60.9 Å². The van der Waals surface area contributed by atoms with Crippen LogP contribution in [0, 0.1) is 5.92 Å². The van der Waals surface area contributed by atoms with Crippen LogP contribution in [-0.2, 0) is 11.3 Å². The highest BCUT2D eigenvalue weighted by molar-refractivity contribution is 6.30. The Bertz CT molecular complexity index is 549. The van der Waals surface area contributed by atoms with Crippen molar-refractivity contribution in [3.05, 3.63) is 34.9 Å². The Hall–Kier alpha value is -1.75. The number of carboxylic acid groups (broad SMARTS) is 1. The second-order valence-corrected chi connectivity index (χ2v) is 5.95. The molecule has 1 N–H and O–H groups in total. The monoisotopic (exact) mass is 310 g/mol. The van der Waals surface area contributed by atoms with E-state index >= 15 is 0 Å². The van der Waals surface area contributed by atoms with Gasteiger partial charge in [-0.2, -0.15) is 0 Å². The zero-order chi connectivity index (χ0) is 15.6. The van der Waals surface area contributed by atoms with E-state index in [0.717, 1.165) is 5.56 Å². The number of nitrogens with zero attached hydrogens (tertiary/aromatic N) is 2. The third-order valence-electron chi connectivity index (χ3n) is 3.83. The highest BCUT2D eigenvalue weighted by Crippen LogP contribution is 2.25. The summed E-state index contributed by atoms with van der Waals surface area (Å²) in [5, 5.41) is 9.90. The molecule has 1 fully saturated rings. The zero-order valence-corrected chi connectivity index (χ0v) is 12.9. The lowest BCUT2D eigenvalue weighted by molar-refractivity contribution is -0.142. The second-order valence-electron chi connectivity index (χ2n) is 5.51. The average molecular weight is 311 g/mol. The second kappa shape index (κ2) is 6.35. The average Bonchev–Trinajstić information content (AvgIpc) is 2.79. The molecule has 2 atom stereocenters. The van der Waals surface area contributed by atoms with Gasteiger partial charge in [0.15, 0.2) is 0 Å². The highest BCUT2D eigenvalue weighted by Gasteiger charge is 2.40. The number of hydrogen-bond acceptors (Lipinski definition) is 2. The molecular weight excluding hydrogens is 292 g/mol. The number of hydrogen-bond donors (Lipinski definition) is 1. The molecule has 6 heteroatoms. The molecule has 5 nitrogen and oxygen atoms in total. The molecule has 0 spiro atoms. The van der Waals surface area contributed by atoms with Crippen molar-refractivity contribution >= 4 is 23.6 Å². The maximum absolute atomic E-state index is 12.5. The smallest absolute Gasteiger partial charge is 0.326 e. The lowest BCUT2D eigenvalue weighted by atomic mass is 10.0. The van der Waals surface area contributed by atoms with E-state index in [2.05, 4.69) is 0 Å². The number of carbonyl (C=O) groups is 2. The van der Waals surface area contributed by atoms with E-state index in [1.54, 1.807) is 19.2 Å². The molecule has 0 aromatic heterocycles. The van der Waals surface area contributed by atoms with Crippen LogP contribution in [0.4, 0.5) is 4.79 Å². The lowest BCUT2D eigenvalue weighted by Gasteiger charge is -2.28. The van der Waals surface area contributed by atoms with Crippen molar-refractivity contribution in [2.45, 2.75) is 25.9 Å². The van der Waals surface area contributed by atoms with E-state index in [4.69, 9.17) is 11.6 Å². The van der Waals surface area contributed by atoms with Crippen LogP contribution < -0.4 is 0 Å². The summed E-state index contributed by atoms with van der Waals surface area (Å²) < 4.78 is 0. The van der Waals surface area contributed by atoms with Gasteiger partial charge in [-0.25, -0.2) is 9.59 Å². The number of benzene rings is 1. The van der Waals surface area contributed by atoms with E-state index < -0.39 is 12.0 Å². The van der Waals surface area contributed by atoms with Crippen molar-refractivity contribution in [2.75, 3.05) is 13.6 Å². The molecule has 1 aliphatic heterocycles. The van der Waals surface area contributed by atoms with Crippen LogP contribution in [0.5, 0.6) is 0 Å². The molecule has 1 aliphatic rings. The van der Waals surface area contributed by atoms with Crippen LogP contribution >= 0.6 is 11.6 Å². The summed E-state index contributed by atoms with van der Waals surface area (Å²) in [5.41, 5.74) is 0.914. The van der Waals surface area contributed by atoms with Crippen LogP contribution in [0.3, 0.4) is 0 Å². The van der Waals surface area contributed by atoms with Crippen LogP contribution in [0.1, 0.15) is 18.9 Å². The number of urea groups is 1. The molecule has 1 aromatic rings. The van der Waals surface area contributed by atoms with Crippen LogP contribution in [0.2, 0.25) is 5.02 Å². The molecular formula is C15H19ClN2O3. The van der Waals surface area contributed by atoms with Crippen LogP contribution in [0.15, 0.2) is 24.3 Å². The van der Waals surface area contributed by atoms with Gasteiger partial charge in [0.1, 0.15) is 6.04 Å². The summed E-state index contributed by atoms with van der Waals surface area (Å²) in [6.45, 7) is 2.75. The number of likely N-dealkylation sites (tertiary alicyclic amines) is 1. The maximum Gasteiger partial charge on any atom is 0.326 e. The number of carbonyl (C=O) groups excluding carboxylic acids is 1. The van der Waals surface area contributed by atoms with Crippen molar-refractivity contribution in [3.8, 4) is 0 Å². The quantitative estimate of drug-likeness (QED) is 0.933. The number of amides is 2. The first-order valence-electron chi connectivity index (χ1n) is 6.89. The van der Waals surface area contributed by atoms with E-state index in [-0.39, 0.29) is 11.9 Å². The van der Waals surface area contributed by atoms with Gasteiger partial charge in [-0.1, -0.05) is 30.7 Å². The standard InChI is InChI=1S/C15H19ClN2O3/c1-10-6-7-18(13(10)14(19)20)15(21)17(2)9-11-4-3-5-12(16)8-11/h3-5,8,10,13H,6-7,9H2,1-2H3,(H,19,20). The largest absolute Gasteiger partial charge is 0.480 e. The summed E-state index contributed by atoms with van der Waals surface area (Å²) in [6.07, 6.45) is 0.716. The van der Waals surface area contributed by atoms with Crippen molar-refractivity contribution < 1.29 is 14.7 Å². The van der Waals surface area contributed by atoms with Gasteiger partial charge in [0.2, 0.25) is 0 Å². The van der Waals surface area contributed by atoms with E-state index in [0.29, 0.717) is 24.5 Å². The molecule has 2 amide bonds. The first-order chi connectivity index (χ1) is 9.90. The molecule has 21 heavy (non-hydrogen) atoms. The van der Waals surface area contributed by atoms with Crippen LogP contribution in [0.25, 0.3) is 0 Å². The summed E-state index contributed by atoms with van der Waals surface area (Å²) in [5.74, 6) is -0.962. The van der Waals surface area contributed by atoms with Gasteiger partial charge in [-0.05, 0) is 30.0 Å². The predicted octanol–water partition coefficient (Wildman–Crippen LogP) is 2.69.